The fourth-order valence-electron chi connectivity index (χ4n) is 7.47. The monoisotopic (exact) mass is 747 g/mol. The minimum absolute atomic E-state index is 0.350. The smallest absolute Gasteiger partial charge is 0.298 e. The highest BCUT2D eigenvalue weighted by Crippen LogP contribution is 2.25. The molecule has 15 heteroatoms. The molecule has 1 fully saturated rings. The van der Waals surface area contributed by atoms with Crippen LogP contribution in [0.15, 0.2) is 76.7 Å². The topological polar surface area (TPSA) is 147 Å². The lowest BCUT2D eigenvalue weighted by Gasteiger charge is -2.28. The second kappa shape index (κ2) is 16.0. The first-order valence-corrected chi connectivity index (χ1v) is 18.8. The predicted octanol–water partition coefficient (Wildman–Crippen LogP) is 3.43. The number of benzene rings is 2. The fourth-order valence-corrected chi connectivity index (χ4v) is 7.47. The van der Waals surface area contributed by atoms with E-state index < -0.39 is 12.0 Å². The van der Waals surface area contributed by atoms with Gasteiger partial charge >= 0.3 is 0 Å². The largest absolute Gasteiger partial charge is 0.387 e. The zero-order valence-electron chi connectivity index (χ0n) is 32.4. The molecule has 1 atom stereocenters. The average molecular weight is 748 g/mol. The fraction of sp³-hybridized carbons (Fsp3) is 0.400. The molecule has 7 rings (SSSR count). The molecule has 55 heavy (non-hydrogen) atoms. The molecule has 2 aromatic carbocycles. The number of aryl methyl sites for hydroxylation is 6. The predicted molar refractivity (Wildman–Crippen MR) is 208 cm³/mol. The van der Waals surface area contributed by atoms with Crippen LogP contribution in [0.3, 0.4) is 0 Å². The molecule has 1 aliphatic rings. The van der Waals surface area contributed by atoms with Crippen molar-refractivity contribution in [2.24, 2.45) is 24.1 Å². The summed E-state index contributed by atoms with van der Waals surface area (Å²) in [6, 6.07) is 17.3. The van der Waals surface area contributed by atoms with Crippen LogP contribution in [0.4, 0.5) is 0 Å². The second-order valence-electron chi connectivity index (χ2n) is 13.9. The summed E-state index contributed by atoms with van der Waals surface area (Å²) in [5.74, 6) is -0.764. The average Bonchev–Trinajstić information content (AvgIpc) is 3.92. The molecule has 0 saturated carbocycles. The van der Waals surface area contributed by atoms with Crippen LogP contribution in [-0.2, 0) is 45.0 Å². The third kappa shape index (κ3) is 7.42. The second-order valence-corrected chi connectivity index (χ2v) is 13.9. The van der Waals surface area contributed by atoms with Gasteiger partial charge in [-0.15, -0.1) is 0 Å². The van der Waals surface area contributed by atoms with Gasteiger partial charge in [0.1, 0.15) is 11.4 Å². The van der Waals surface area contributed by atoms with Gasteiger partial charge in [0.2, 0.25) is 11.2 Å². The van der Waals surface area contributed by atoms with E-state index in [4.69, 9.17) is 9.73 Å². The number of hydrogen-bond donors (Lipinski definition) is 1. The quantitative estimate of drug-likeness (QED) is 0.200. The van der Waals surface area contributed by atoms with E-state index in [1.54, 1.807) is 21.5 Å². The first kappa shape index (κ1) is 37.7. The maximum Gasteiger partial charge on any atom is 0.298 e. The number of fused-ring (bicyclic) bond motifs is 2. The number of carbonyl (C=O) groups is 2. The van der Waals surface area contributed by atoms with Crippen LogP contribution in [-0.4, -0.2) is 92.5 Å². The summed E-state index contributed by atoms with van der Waals surface area (Å²) in [4.78, 5) is 38.9. The van der Waals surface area contributed by atoms with Gasteiger partial charge in [-0.25, -0.2) is 0 Å². The first-order valence-electron chi connectivity index (χ1n) is 18.8. The van der Waals surface area contributed by atoms with Gasteiger partial charge in [-0.05, 0) is 58.0 Å². The van der Waals surface area contributed by atoms with Crippen molar-refractivity contribution in [1.82, 2.24) is 42.7 Å². The minimum Gasteiger partial charge on any atom is -0.387 e. The van der Waals surface area contributed by atoms with Crippen molar-refractivity contribution in [3.63, 3.8) is 0 Å². The van der Waals surface area contributed by atoms with E-state index in [0.29, 0.717) is 68.6 Å². The van der Waals surface area contributed by atoms with Crippen molar-refractivity contribution < 1.29 is 19.4 Å². The Labute approximate surface area is 318 Å². The molecule has 0 bridgehead atoms. The van der Waals surface area contributed by atoms with E-state index in [1.807, 2.05) is 115 Å². The molecular weight excluding hydrogens is 699 g/mol. The lowest BCUT2D eigenvalue weighted by atomic mass is 10.1. The van der Waals surface area contributed by atoms with Crippen LogP contribution in [0, 0.1) is 13.8 Å². The number of nitrogens with zero attached hydrogens (tertiary/aromatic N) is 11. The van der Waals surface area contributed by atoms with E-state index in [-0.39, 0.29) is 5.91 Å². The standard InChI is InChI=1S/C40H49N11O4/c1-7-50-33(24-27(3)43-50)37(53)41-39-45(5)30-15-9-10-16-31(30)48(39)18-11-12-19-49-36-29(35(52)26-47-20-22-55-23-21-47)14-13-17-32(36)46(6)40(49)42-38(54)34-25-28(4)44-51(34)8-2/h9-17,24-25,35,52H,7-8,18-23,26H2,1-6H3/b12-11+,41-39?,42-40?. The zero-order chi connectivity index (χ0) is 38.8. The van der Waals surface area contributed by atoms with Gasteiger partial charge in [0.25, 0.3) is 11.8 Å². The van der Waals surface area contributed by atoms with E-state index in [2.05, 4.69) is 20.1 Å². The number of β-amino-alcohol motifs (C(OH)–C–C–N with tert-alkyl or cyclic N) is 1. The number of carbonyl (C=O) groups excluding carboxylic acids is 2. The van der Waals surface area contributed by atoms with Gasteiger partial charge in [0.15, 0.2) is 0 Å². The maximum atomic E-state index is 13.8. The molecule has 1 saturated heterocycles. The molecule has 1 unspecified atom stereocenters. The van der Waals surface area contributed by atoms with Crippen molar-refractivity contribution in [2.75, 3.05) is 32.8 Å². The molecule has 1 aliphatic heterocycles. The van der Waals surface area contributed by atoms with Gasteiger partial charge in [0, 0.05) is 65.5 Å². The minimum atomic E-state index is -0.784. The first-order chi connectivity index (χ1) is 26.6. The van der Waals surface area contributed by atoms with Crippen LogP contribution in [0.2, 0.25) is 0 Å². The molecule has 0 aliphatic carbocycles. The van der Waals surface area contributed by atoms with Crippen molar-refractivity contribution in [3.8, 4) is 0 Å². The summed E-state index contributed by atoms with van der Waals surface area (Å²) in [5, 5.41) is 20.6. The number of allylic oxidation sites excluding steroid dienone is 2. The summed E-state index contributed by atoms with van der Waals surface area (Å²) >= 11 is 0. The van der Waals surface area contributed by atoms with E-state index in [9.17, 15) is 14.7 Å². The third-order valence-electron chi connectivity index (χ3n) is 10.2. The Kier molecular flexibility index (Phi) is 11.0. The highest BCUT2D eigenvalue weighted by molar-refractivity contribution is 5.94. The molecular formula is C40H49N11O4. The number of rotatable bonds is 11. The Morgan fingerprint density at radius 1 is 0.782 bits per heavy atom. The molecule has 288 valence electrons. The highest BCUT2D eigenvalue weighted by atomic mass is 16.5. The van der Waals surface area contributed by atoms with Crippen LogP contribution in [0.25, 0.3) is 22.1 Å². The number of para-hydroxylation sites is 3. The number of aromatic nitrogens is 8. The van der Waals surface area contributed by atoms with Crippen LogP contribution < -0.4 is 11.2 Å². The summed E-state index contributed by atoms with van der Waals surface area (Å²) in [6.45, 7) is 12.7. The molecule has 2 amide bonds. The third-order valence-corrected chi connectivity index (χ3v) is 10.2. The normalized spacial score (nSPS) is 15.3. The molecule has 5 heterocycles. The van der Waals surface area contributed by atoms with E-state index in [0.717, 1.165) is 52.1 Å². The lowest BCUT2D eigenvalue weighted by Crippen LogP contribution is -2.38. The molecule has 15 nitrogen and oxygen atoms in total. The van der Waals surface area contributed by atoms with Crippen LogP contribution in [0.5, 0.6) is 0 Å². The number of amides is 2. The Morgan fingerprint density at radius 2 is 1.31 bits per heavy atom. The van der Waals surface area contributed by atoms with E-state index >= 15 is 0 Å². The number of morpholine rings is 1. The van der Waals surface area contributed by atoms with Crippen molar-refractivity contribution in [1.29, 1.82) is 0 Å². The summed E-state index contributed by atoms with van der Waals surface area (Å²) in [6.07, 6.45) is 3.26. The Balaban J connectivity index is 1.30. The number of aliphatic hydroxyl groups is 1. The lowest BCUT2D eigenvalue weighted by molar-refractivity contribution is 0.0145. The van der Waals surface area contributed by atoms with Crippen molar-refractivity contribution >= 4 is 33.9 Å². The number of aliphatic hydroxyl groups excluding tert-OH is 1. The van der Waals surface area contributed by atoms with Crippen LogP contribution >= 0.6 is 0 Å². The number of imidazole rings is 2. The summed E-state index contributed by atoms with van der Waals surface area (Å²) in [5.41, 5.74) is 7.55. The SMILES string of the molecule is CCn1nc(C)cc1C(=O)N=c1n(C)c2ccccc2n1C/C=C/Cn1c(=NC(=O)c2cc(C)nn2CC)n(C)c2cccc(C(O)CN3CCOCC3)c21. The van der Waals surface area contributed by atoms with Gasteiger partial charge in [-0.1, -0.05) is 36.4 Å². The Morgan fingerprint density at radius 3 is 1.91 bits per heavy atom. The molecule has 1 N–H and O–H groups in total. The van der Waals surface area contributed by atoms with Crippen LogP contribution in [0.1, 0.15) is 57.9 Å². The van der Waals surface area contributed by atoms with Crippen molar-refractivity contribution in [2.45, 2.75) is 60.0 Å². The zero-order valence-corrected chi connectivity index (χ0v) is 32.4. The highest BCUT2D eigenvalue weighted by Gasteiger charge is 2.23. The molecule has 0 spiro atoms. The number of hydrogen-bond acceptors (Lipinski definition) is 7. The van der Waals surface area contributed by atoms with Gasteiger partial charge in [-0.3, -0.25) is 23.9 Å². The summed E-state index contributed by atoms with van der Waals surface area (Å²) < 4.78 is 16.7. The molecule has 4 aromatic heterocycles. The van der Waals surface area contributed by atoms with Gasteiger partial charge in [-0.2, -0.15) is 20.2 Å². The van der Waals surface area contributed by atoms with Gasteiger partial charge in [0.05, 0.1) is 52.8 Å². The van der Waals surface area contributed by atoms with Crippen molar-refractivity contribution in [3.05, 3.63) is 106 Å². The molecule has 6 aromatic rings. The van der Waals surface area contributed by atoms with Gasteiger partial charge < -0.3 is 28.1 Å². The number of ether oxygens (including phenoxy) is 1. The summed E-state index contributed by atoms with van der Waals surface area (Å²) in [7, 11) is 3.79. The Bertz CT molecular complexity index is 2550. The Hall–Kier alpha value is -5.64. The van der Waals surface area contributed by atoms with E-state index in [1.165, 1.54) is 0 Å². The molecule has 0 radical (unpaired) electrons. The maximum absolute atomic E-state index is 13.8.